The Morgan fingerprint density at radius 1 is 1.17 bits per heavy atom. The van der Waals surface area contributed by atoms with Gasteiger partial charge in [0.25, 0.3) is 5.91 Å². The summed E-state index contributed by atoms with van der Waals surface area (Å²) in [5, 5.41) is 6.34. The number of carbonyl (C=O) groups excluding carboxylic acids is 2. The highest BCUT2D eigenvalue weighted by molar-refractivity contribution is 5.95. The molecule has 0 aliphatic heterocycles. The zero-order valence-electron chi connectivity index (χ0n) is 16.0. The fourth-order valence-electron chi connectivity index (χ4n) is 2.82. The van der Waals surface area contributed by atoms with Crippen LogP contribution in [0.4, 0.5) is 4.39 Å². The van der Waals surface area contributed by atoms with E-state index in [0.29, 0.717) is 23.3 Å². The highest BCUT2D eigenvalue weighted by atomic mass is 19.1. The first-order chi connectivity index (χ1) is 14.1. The minimum absolute atomic E-state index is 0.0202. The number of benzene rings is 2. The highest BCUT2D eigenvalue weighted by Crippen LogP contribution is 2.26. The zero-order chi connectivity index (χ0) is 20.6. The van der Waals surface area contributed by atoms with E-state index < -0.39 is 17.7 Å². The number of carbonyl (C=O) groups is 2. The molecule has 3 rings (SSSR count). The SMILES string of the molecule is CCc1oncc1-c1cc(F)cc(C(=O)NCCC(=O)OCc2ccccc2)c1. The Balaban J connectivity index is 1.55. The first-order valence-electron chi connectivity index (χ1n) is 9.29. The first kappa shape index (κ1) is 20.3. The van der Waals surface area contributed by atoms with Crippen molar-refractivity contribution in [2.45, 2.75) is 26.4 Å². The topological polar surface area (TPSA) is 81.4 Å². The Hall–Kier alpha value is -3.48. The van der Waals surface area contributed by atoms with E-state index in [4.69, 9.17) is 9.26 Å². The number of hydrogen-bond acceptors (Lipinski definition) is 5. The van der Waals surface area contributed by atoms with Crippen molar-refractivity contribution in [2.75, 3.05) is 6.54 Å². The maximum Gasteiger partial charge on any atom is 0.307 e. The van der Waals surface area contributed by atoms with Gasteiger partial charge in [-0.3, -0.25) is 9.59 Å². The normalized spacial score (nSPS) is 10.6. The summed E-state index contributed by atoms with van der Waals surface area (Å²) >= 11 is 0. The van der Waals surface area contributed by atoms with Crippen molar-refractivity contribution in [2.24, 2.45) is 0 Å². The van der Waals surface area contributed by atoms with Crippen molar-refractivity contribution in [1.82, 2.24) is 10.5 Å². The maximum atomic E-state index is 14.0. The molecule has 29 heavy (non-hydrogen) atoms. The van der Waals surface area contributed by atoms with Crippen LogP contribution < -0.4 is 5.32 Å². The zero-order valence-corrected chi connectivity index (χ0v) is 16.0. The van der Waals surface area contributed by atoms with Gasteiger partial charge in [0, 0.05) is 24.1 Å². The van der Waals surface area contributed by atoms with Gasteiger partial charge in [-0.2, -0.15) is 0 Å². The lowest BCUT2D eigenvalue weighted by atomic mass is 10.0. The van der Waals surface area contributed by atoms with Crippen LogP contribution in [0.2, 0.25) is 0 Å². The third kappa shape index (κ3) is 5.51. The van der Waals surface area contributed by atoms with Crippen molar-refractivity contribution >= 4 is 11.9 Å². The number of amides is 1. The number of hydrogen-bond donors (Lipinski definition) is 1. The number of aromatic nitrogens is 1. The lowest BCUT2D eigenvalue weighted by Crippen LogP contribution is -2.26. The van der Waals surface area contributed by atoms with E-state index >= 15 is 0 Å². The molecule has 1 amide bonds. The van der Waals surface area contributed by atoms with Crippen molar-refractivity contribution in [1.29, 1.82) is 0 Å². The number of nitrogens with one attached hydrogen (secondary N) is 1. The number of esters is 1. The molecule has 0 fully saturated rings. The van der Waals surface area contributed by atoms with Crippen molar-refractivity contribution in [3.8, 4) is 11.1 Å². The van der Waals surface area contributed by atoms with E-state index in [9.17, 15) is 14.0 Å². The van der Waals surface area contributed by atoms with Crippen LogP contribution in [0.1, 0.15) is 35.0 Å². The number of aryl methyl sites for hydroxylation is 1. The molecule has 150 valence electrons. The highest BCUT2D eigenvalue weighted by Gasteiger charge is 2.14. The van der Waals surface area contributed by atoms with Gasteiger partial charge in [-0.05, 0) is 29.3 Å². The predicted octanol–water partition coefficient (Wildman–Crippen LogP) is 3.91. The smallest absolute Gasteiger partial charge is 0.307 e. The third-order valence-corrected chi connectivity index (χ3v) is 4.29. The summed E-state index contributed by atoms with van der Waals surface area (Å²) in [7, 11) is 0. The minimum Gasteiger partial charge on any atom is -0.461 e. The van der Waals surface area contributed by atoms with Gasteiger partial charge in [0.1, 0.15) is 18.2 Å². The molecule has 0 radical (unpaired) electrons. The van der Waals surface area contributed by atoms with Gasteiger partial charge < -0.3 is 14.6 Å². The summed E-state index contributed by atoms with van der Waals surface area (Å²) in [5.41, 5.74) is 2.19. The predicted molar refractivity (Wildman–Crippen MR) is 104 cm³/mol. The molecule has 7 heteroatoms. The Morgan fingerprint density at radius 3 is 2.72 bits per heavy atom. The van der Waals surface area contributed by atoms with E-state index in [1.165, 1.54) is 12.3 Å². The quantitative estimate of drug-likeness (QED) is 0.584. The summed E-state index contributed by atoms with van der Waals surface area (Å²) in [6, 6.07) is 13.4. The fourth-order valence-corrected chi connectivity index (χ4v) is 2.82. The number of nitrogens with zero attached hydrogens (tertiary/aromatic N) is 1. The second-order valence-electron chi connectivity index (χ2n) is 6.40. The summed E-state index contributed by atoms with van der Waals surface area (Å²) in [5.74, 6) is -0.830. The molecular weight excluding hydrogens is 375 g/mol. The van der Waals surface area contributed by atoms with Gasteiger partial charge in [-0.25, -0.2) is 4.39 Å². The minimum atomic E-state index is -0.543. The summed E-state index contributed by atoms with van der Waals surface area (Å²) in [6.07, 6.45) is 2.11. The molecule has 0 unspecified atom stereocenters. The van der Waals surface area contributed by atoms with E-state index in [1.54, 1.807) is 6.07 Å². The molecule has 6 nitrogen and oxygen atoms in total. The molecule has 0 spiro atoms. The maximum absolute atomic E-state index is 14.0. The average molecular weight is 396 g/mol. The molecule has 3 aromatic rings. The van der Waals surface area contributed by atoms with Crippen molar-refractivity contribution in [3.05, 3.63) is 77.4 Å². The van der Waals surface area contributed by atoms with Crippen molar-refractivity contribution in [3.63, 3.8) is 0 Å². The van der Waals surface area contributed by atoms with Crippen LogP contribution in [0.3, 0.4) is 0 Å². The van der Waals surface area contributed by atoms with Gasteiger partial charge in [0.05, 0.1) is 12.6 Å². The standard InChI is InChI=1S/C22H21FN2O4/c1-2-20-19(13-25-29-20)16-10-17(12-18(23)11-16)22(27)24-9-8-21(26)28-14-15-6-4-3-5-7-15/h3-7,10-13H,2,8-9,14H2,1H3,(H,24,27). The van der Waals surface area contributed by atoms with Crippen LogP contribution >= 0.6 is 0 Å². The molecule has 1 N–H and O–H groups in total. The Kier molecular flexibility index (Phi) is 6.73. The van der Waals surface area contributed by atoms with E-state index in [1.807, 2.05) is 37.3 Å². The molecule has 0 saturated carbocycles. The Labute approximate surface area is 167 Å². The lowest BCUT2D eigenvalue weighted by Gasteiger charge is -2.08. The Morgan fingerprint density at radius 2 is 1.97 bits per heavy atom. The van der Waals surface area contributed by atoms with Crippen LogP contribution in [0.5, 0.6) is 0 Å². The van der Waals surface area contributed by atoms with Crippen LogP contribution in [0.25, 0.3) is 11.1 Å². The largest absolute Gasteiger partial charge is 0.461 e. The van der Waals surface area contributed by atoms with Crippen molar-refractivity contribution < 1.29 is 23.2 Å². The molecule has 0 aliphatic rings. The second-order valence-corrected chi connectivity index (χ2v) is 6.40. The molecule has 1 aromatic heterocycles. The fraction of sp³-hybridized carbons (Fsp3) is 0.227. The van der Waals surface area contributed by atoms with Crippen LogP contribution in [0.15, 0.2) is 59.3 Å². The number of ether oxygens (including phenoxy) is 1. The summed E-state index contributed by atoms with van der Waals surface area (Å²) in [6.45, 7) is 2.17. The Bertz CT molecular complexity index is 985. The molecule has 0 aliphatic carbocycles. The van der Waals surface area contributed by atoms with Crippen LogP contribution in [0, 0.1) is 5.82 Å². The lowest BCUT2D eigenvalue weighted by molar-refractivity contribution is -0.144. The number of rotatable bonds is 8. The van der Waals surface area contributed by atoms with Gasteiger partial charge in [0.2, 0.25) is 0 Å². The molecule has 2 aromatic carbocycles. The summed E-state index contributed by atoms with van der Waals surface area (Å²) in [4.78, 5) is 24.2. The molecule has 0 saturated heterocycles. The summed E-state index contributed by atoms with van der Waals surface area (Å²) < 4.78 is 24.3. The van der Waals surface area contributed by atoms with Crippen LogP contribution in [-0.2, 0) is 22.6 Å². The molecule has 0 bridgehead atoms. The van der Waals surface area contributed by atoms with Gasteiger partial charge in [-0.15, -0.1) is 0 Å². The number of halogens is 1. The first-order valence-corrected chi connectivity index (χ1v) is 9.29. The van der Waals surface area contributed by atoms with E-state index in [0.717, 1.165) is 11.6 Å². The molecule has 0 atom stereocenters. The third-order valence-electron chi connectivity index (χ3n) is 4.29. The molecule has 1 heterocycles. The average Bonchev–Trinajstić information content (AvgIpc) is 3.21. The van der Waals surface area contributed by atoms with E-state index in [2.05, 4.69) is 10.5 Å². The second kappa shape index (κ2) is 9.64. The molecular formula is C22H21FN2O4. The van der Waals surface area contributed by atoms with Crippen LogP contribution in [-0.4, -0.2) is 23.6 Å². The van der Waals surface area contributed by atoms with Gasteiger partial charge in [0.15, 0.2) is 0 Å². The van der Waals surface area contributed by atoms with E-state index in [-0.39, 0.29) is 25.1 Å². The van der Waals surface area contributed by atoms with Gasteiger partial charge in [-0.1, -0.05) is 42.4 Å². The monoisotopic (exact) mass is 396 g/mol. The van der Waals surface area contributed by atoms with Gasteiger partial charge >= 0.3 is 5.97 Å².